The highest BCUT2D eigenvalue weighted by Gasteiger charge is 2.12. The van der Waals surface area contributed by atoms with Gasteiger partial charge in [0.2, 0.25) is 0 Å². The van der Waals surface area contributed by atoms with Crippen LogP contribution in [0, 0.1) is 4.51 Å². The maximum atomic E-state index is 6.03. The van der Waals surface area contributed by atoms with Crippen molar-refractivity contribution in [3.8, 4) is 0 Å². The number of hydrogen-bond acceptors (Lipinski definition) is 1. The van der Waals surface area contributed by atoms with E-state index in [2.05, 4.69) is 4.98 Å². The first-order valence-corrected chi connectivity index (χ1v) is 6.87. The molecule has 2 aromatic rings. The molecular weight excluding hydrogens is 250 g/mol. The number of hydrogen-bond donors (Lipinski definition) is 1. The molecule has 3 rings (SSSR count). The van der Waals surface area contributed by atoms with Gasteiger partial charge in [0.15, 0.2) is 0 Å². The molecule has 1 N–H and O–H groups in total. The van der Waals surface area contributed by atoms with Crippen LogP contribution < -0.4 is 0 Å². The lowest BCUT2D eigenvalue weighted by molar-refractivity contribution is 0.709. The lowest BCUT2D eigenvalue weighted by Gasteiger charge is -2.09. The summed E-state index contributed by atoms with van der Waals surface area (Å²) < 4.78 is 1.02. The van der Waals surface area contributed by atoms with E-state index in [0.29, 0.717) is 0 Å². The van der Waals surface area contributed by atoms with Gasteiger partial charge in [0.1, 0.15) is 0 Å². The number of H-pyrrole nitrogens is 1. The minimum atomic E-state index is 0.761. The summed E-state index contributed by atoms with van der Waals surface area (Å²) in [5.41, 5.74) is 3.75. The Labute approximate surface area is 111 Å². The highest BCUT2D eigenvalue weighted by molar-refractivity contribution is 7.71. The van der Waals surface area contributed by atoms with Gasteiger partial charge in [-0.1, -0.05) is 30.2 Å². The minimum Gasteiger partial charge on any atom is -0.358 e. The second-order valence-electron chi connectivity index (χ2n) is 4.66. The minimum absolute atomic E-state index is 0.761. The number of pyridine rings is 1. The molecule has 1 aliphatic rings. The van der Waals surface area contributed by atoms with Crippen molar-refractivity contribution in [2.24, 2.45) is 0 Å². The summed E-state index contributed by atoms with van der Waals surface area (Å²) in [5, 5.41) is 1.89. The number of aryl methyl sites for hydroxylation is 1. The van der Waals surface area contributed by atoms with E-state index in [-0.39, 0.29) is 0 Å². The van der Waals surface area contributed by atoms with Crippen molar-refractivity contribution >= 4 is 34.7 Å². The summed E-state index contributed by atoms with van der Waals surface area (Å²) in [5.74, 6) is 0. The van der Waals surface area contributed by atoms with Crippen LogP contribution in [-0.4, -0.2) is 4.98 Å². The zero-order chi connectivity index (χ0) is 11.8. The predicted octanol–water partition coefficient (Wildman–Crippen LogP) is 4.82. The lowest BCUT2D eigenvalue weighted by Crippen LogP contribution is -1.97. The summed E-state index contributed by atoms with van der Waals surface area (Å²) in [6, 6.07) is 5.91. The van der Waals surface area contributed by atoms with Crippen molar-refractivity contribution in [3.63, 3.8) is 0 Å². The van der Waals surface area contributed by atoms with Gasteiger partial charge in [-0.05, 0) is 49.4 Å². The van der Waals surface area contributed by atoms with E-state index in [0.717, 1.165) is 33.3 Å². The van der Waals surface area contributed by atoms with Crippen LogP contribution in [-0.2, 0) is 12.8 Å². The summed E-state index contributed by atoms with van der Waals surface area (Å²) in [4.78, 5) is 3.52. The van der Waals surface area contributed by atoms with Crippen LogP contribution in [0.25, 0.3) is 10.9 Å². The molecule has 0 fully saturated rings. The first-order chi connectivity index (χ1) is 8.25. The maximum absolute atomic E-state index is 6.03. The molecule has 17 heavy (non-hydrogen) atoms. The van der Waals surface area contributed by atoms with Crippen molar-refractivity contribution in [1.82, 2.24) is 4.98 Å². The molecule has 1 aliphatic carbocycles. The van der Waals surface area contributed by atoms with Gasteiger partial charge in [-0.25, -0.2) is 0 Å². The van der Waals surface area contributed by atoms with Gasteiger partial charge >= 0.3 is 0 Å². The van der Waals surface area contributed by atoms with Crippen molar-refractivity contribution < 1.29 is 0 Å². The van der Waals surface area contributed by atoms with Crippen molar-refractivity contribution in [2.75, 3.05) is 0 Å². The zero-order valence-electron chi connectivity index (χ0n) is 9.55. The average Bonchev–Trinajstić information content (AvgIpc) is 2.54. The molecular formula is C14H14ClNS. The molecule has 0 saturated carbocycles. The van der Waals surface area contributed by atoms with Gasteiger partial charge in [0, 0.05) is 21.6 Å². The van der Waals surface area contributed by atoms with Gasteiger partial charge in [-0.2, -0.15) is 0 Å². The number of aromatic amines is 1. The fourth-order valence-corrected chi connectivity index (χ4v) is 3.19. The van der Waals surface area contributed by atoms with E-state index in [4.69, 9.17) is 23.8 Å². The zero-order valence-corrected chi connectivity index (χ0v) is 11.1. The Bertz CT molecular complexity index is 630. The topological polar surface area (TPSA) is 15.8 Å². The molecule has 0 aliphatic heterocycles. The third kappa shape index (κ3) is 2.00. The largest absolute Gasteiger partial charge is 0.358 e. The van der Waals surface area contributed by atoms with Crippen molar-refractivity contribution in [2.45, 2.75) is 32.1 Å². The number of nitrogens with one attached hydrogen (secondary N) is 1. The molecule has 0 spiro atoms. The Balaban J connectivity index is 2.33. The highest BCUT2D eigenvalue weighted by Crippen LogP contribution is 2.27. The van der Waals surface area contributed by atoms with Crippen LogP contribution in [0.4, 0.5) is 0 Å². The smallest absolute Gasteiger partial charge is 0.0519 e. The molecule has 88 valence electrons. The first-order valence-electron chi connectivity index (χ1n) is 6.09. The first kappa shape index (κ1) is 11.2. The number of halogens is 1. The molecule has 1 heterocycles. The Morgan fingerprint density at radius 3 is 2.82 bits per heavy atom. The maximum Gasteiger partial charge on any atom is 0.0519 e. The molecule has 0 atom stereocenters. The second-order valence-corrected chi connectivity index (χ2v) is 5.51. The molecule has 1 nitrogen and oxygen atoms in total. The summed E-state index contributed by atoms with van der Waals surface area (Å²) in [6.45, 7) is 0. The van der Waals surface area contributed by atoms with E-state index in [1.165, 1.54) is 30.5 Å². The van der Waals surface area contributed by atoms with Crippen molar-refractivity contribution in [3.05, 3.63) is 39.0 Å². The molecule has 0 bridgehead atoms. The van der Waals surface area contributed by atoms with Crippen LogP contribution in [0.15, 0.2) is 18.2 Å². The second kappa shape index (κ2) is 4.43. The number of fused-ring (bicyclic) bond motifs is 2. The Morgan fingerprint density at radius 1 is 1.12 bits per heavy atom. The quantitative estimate of drug-likeness (QED) is 0.532. The average molecular weight is 264 g/mol. The molecule has 0 unspecified atom stereocenters. The number of aromatic nitrogens is 1. The van der Waals surface area contributed by atoms with Gasteiger partial charge in [0.05, 0.1) is 4.51 Å². The van der Waals surface area contributed by atoms with Crippen LogP contribution in [0.2, 0.25) is 5.02 Å². The molecule has 1 aromatic heterocycles. The molecule has 0 saturated heterocycles. The van der Waals surface area contributed by atoms with Crippen molar-refractivity contribution in [1.29, 1.82) is 0 Å². The molecule has 1 aromatic carbocycles. The highest BCUT2D eigenvalue weighted by atomic mass is 35.5. The van der Waals surface area contributed by atoms with E-state index in [1.54, 1.807) is 0 Å². The van der Waals surface area contributed by atoms with E-state index < -0.39 is 0 Å². The molecule has 0 amide bonds. The van der Waals surface area contributed by atoms with Gasteiger partial charge in [-0.3, -0.25) is 0 Å². The summed E-state index contributed by atoms with van der Waals surface area (Å²) in [7, 11) is 0. The third-order valence-corrected chi connectivity index (χ3v) is 4.21. The van der Waals surface area contributed by atoms with Gasteiger partial charge in [-0.15, -0.1) is 0 Å². The Hall–Kier alpha value is -0.860. The normalized spacial score (nSPS) is 15.6. The van der Waals surface area contributed by atoms with Crippen LogP contribution in [0.1, 0.15) is 30.5 Å². The Kier molecular flexibility index (Phi) is 2.93. The monoisotopic (exact) mass is 263 g/mol. The lowest BCUT2D eigenvalue weighted by atomic mass is 10.1. The van der Waals surface area contributed by atoms with E-state index >= 15 is 0 Å². The number of benzene rings is 1. The van der Waals surface area contributed by atoms with Crippen LogP contribution in [0.3, 0.4) is 0 Å². The summed E-state index contributed by atoms with van der Waals surface area (Å²) in [6.07, 6.45) is 6.03. The van der Waals surface area contributed by atoms with E-state index in [9.17, 15) is 0 Å². The van der Waals surface area contributed by atoms with Crippen LogP contribution in [0.5, 0.6) is 0 Å². The van der Waals surface area contributed by atoms with E-state index in [1.807, 2.05) is 18.2 Å². The molecule has 0 radical (unpaired) electrons. The predicted molar refractivity (Wildman–Crippen MR) is 75.4 cm³/mol. The summed E-state index contributed by atoms with van der Waals surface area (Å²) >= 11 is 11.7. The standard InChI is InChI=1S/C14H14ClNS/c15-9-6-7-11-13(8-9)16-12-5-3-1-2-4-10(12)14(11)17/h6-8H,1-5H2,(H,16,17). The molecule has 3 heteroatoms. The number of rotatable bonds is 0. The fraction of sp³-hybridized carbons (Fsp3) is 0.357. The third-order valence-electron chi connectivity index (χ3n) is 3.50. The fourth-order valence-electron chi connectivity index (χ4n) is 2.61. The Morgan fingerprint density at radius 2 is 1.94 bits per heavy atom. The van der Waals surface area contributed by atoms with Gasteiger partial charge < -0.3 is 4.98 Å². The van der Waals surface area contributed by atoms with Gasteiger partial charge in [0.25, 0.3) is 0 Å². The van der Waals surface area contributed by atoms with Crippen LogP contribution >= 0.6 is 23.8 Å². The SMILES string of the molecule is S=c1c2c([nH]c3cc(Cl)ccc13)CCCCC2.